The third-order valence-corrected chi connectivity index (χ3v) is 3.05. The molecule has 0 atom stereocenters. The van der Waals surface area contributed by atoms with Crippen molar-refractivity contribution in [1.82, 2.24) is 9.97 Å². The zero-order valence-electron chi connectivity index (χ0n) is 10.1. The molecule has 3 aromatic rings. The van der Waals surface area contributed by atoms with Crippen LogP contribution in [0.25, 0.3) is 10.9 Å². The number of aromatic nitrogens is 2. The fourth-order valence-corrected chi connectivity index (χ4v) is 2.01. The van der Waals surface area contributed by atoms with E-state index >= 15 is 0 Å². The largest absolute Gasteiger partial charge is 0.486 e. The molecule has 3 nitrogen and oxygen atoms in total. The maximum Gasteiger partial charge on any atom is 0.171 e. The standard InChI is InChI=1S/C15H11ClN2O/c16-15-14(6-3-7-17-15)19-10-11-8-12-4-1-2-5-13(12)18-9-11/h1-9H,10H2. The van der Waals surface area contributed by atoms with Gasteiger partial charge in [-0.1, -0.05) is 29.8 Å². The Balaban J connectivity index is 1.80. The Bertz CT molecular complexity index is 715. The van der Waals surface area contributed by atoms with Crippen LogP contribution in [0.3, 0.4) is 0 Å². The molecule has 0 saturated heterocycles. The molecule has 3 rings (SSSR count). The van der Waals surface area contributed by atoms with Crippen LogP contribution < -0.4 is 4.74 Å². The minimum Gasteiger partial charge on any atom is -0.486 e. The fraction of sp³-hybridized carbons (Fsp3) is 0.0667. The predicted octanol–water partition coefficient (Wildman–Crippen LogP) is 3.86. The highest BCUT2D eigenvalue weighted by atomic mass is 35.5. The third kappa shape index (κ3) is 2.66. The molecule has 19 heavy (non-hydrogen) atoms. The van der Waals surface area contributed by atoms with E-state index in [2.05, 4.69) is 16.0 Å². The van der Waals surface area contributed by atoms with Gasteiger partial charge in [0.2, 0.25) is 0 Å². The first-order chi connectivity index (χ1) is 9.33. The highest BCUT2D eigenvalue weighted by Crippen LogP contribution is 2.22. The van der Waals surface area contributed by atoms with Crippen molar-refractivity contribution in [2.45, 2.75) is 6.61 Å². The van der Waals surface area contributed by atoms with E-state index in [1.807, 2.05) is 30.5 Å². The van der Waals surface area contributed by atoms with E-state index in [1.54, 1.807) is 18.3 Å². The van der Waals surface area contributed by atoms with Gasteiger partial charge in [0.05, 0.1) is 5.52 Å². The summed E-state index contributed by atoms with van der Waals surface area (Å²) in [6.45, 7) is 0.420. The van der Waals surface area contributed by atoms with Gasteiger partial charge in [-0.15, -0.1) is 0 Å². The van der Waals surface area contributed by atoms with Crippen molar-refractivity contribution in [2.75, 3.05) is 0 Å². The highest BCUT2D eigenvalue weighted by Gasteiger charge is 2.03. The molecule has 0 aliphatic rings. The summed E-state index contributed by atoms with van der Waals surface area (Å²) in [5.74, 6) is 0.581. The Morgan fingerprint density at radius 2 is 1.95 bits per heavy atom. The van der Waals surface area contributed by atoms with Gasteiger partial charge in [0.1, 0.15) is 6.61 Å². The number of pyridine rings is 2. The first kappa shape index (κ1) is 11.9. The van der Waals surface area contributed by atoms with Gasteiger partial charge >= 0.3 is 0 Å². The van der Waals surface area contributed by atoms with Crippen LogP contribution in [0.2, 0.25) is 5.15 Å². The van der Waals surface area contributed by atoms with Gasteiger partial charge < -0.3 is 4.74 Å². The van der Waals surface area contributed by atoms with Crippen LogP contribution in [0.5, 0.6) is 5.75 Å². The molecular weight excluding hydrogens is 260 g/mol. The van der Waals surface area contributed by atoms with Gasteiger partial charge in [-0.3, -0.25) is 4.98 Å². The van der Waals surface area contributed by atoms with Gasteiger partial charge in [0.25, 0.3) is 0 Å². The van der Waals surface area contributed by atoms with Gasteiger partial charge in [-0.25, -0.2) is 4.98 Å². The number of hydrogen-bond donors (Lipinski definition) is 0. The van der Waals surface area contributed by atoms with Crippen molar-refractivity contribution in [1.29, 1.82) is 0 Å². The molecule has 0 aliphatic carbocycles. The number of nitrogens with zero attached hydrogens (tertiary/aromatic N) is 2. The van der Waals surface area contributed by atoms with Crippen molar-refractivity contribution in [3.63, 3.8) is 0 Å². The molecular formula is C15H11ClN2O. The fourth-order valence-electron chi connectivity index (χ4n) is 1.84. The average molecular weight is 271 g/mol. The molecule has 2 heterocycles. The maximum absolute atomic E-state index is 5.93. The van der Waals surface area contributed by atoms with Crippen molar-refractivity contribution >= 4 is 22.5 Å². The summed E-state index contributed by atoms with van der Waals surface area (Å²) in [6.07, 6.45) is 3.44. The summed E-state index contributed by atoms with van der Waals surface area (Å²) in [4.78, 5) is 8.35. The van der Waals surface area contributed by atoms with E-state index in [0.717, 1.165) is 16.5 Å². The third-order valence-electron chi connectivity index (χ3n) is 2.77. The number of halogens is 1. The zero-order chi connectivity index (χ0) is 13.1. The zero-order valence-corrected chi connectivity index (χ0v) is 10.8. The minimum absolute atomic E-state index is 0.372. The van der Waals surface area contributed by atoms with E-state index in [9.17, 15) is 0 Å². The Kier molecular flexibility index (Phi) is 3.29. The molecule has 0 saturated carbocycles. The quantitative estimate of drug-likeness (QED) is 0.678. The number of rotatable bonds is 3. The lowest BCUT2D eigenvalue weighted by Gasteiger charge is -2.07. The van der Waals surface area contributed by atoms with Crippen LogP contribution in [0, 0.1) is 0 Å². The smallest absolute Gasteiger partial charge is 0.171 e. The number of fused-ring (bicyclic) bond motifs is 1. The molecule has 94 valence electrons. The summed E-state index contributed by atoms with van der Waals surface area (Å²) in [7, 11) is 0. The average Bonchev–Trinajstić information content (AvgIpc) is 2.46. The van der Waals surface area contributed by atoms with Crippen LogP contribution in [0.1, 0.15) is 5.56 Å². The topological polar surface area (TPSA) is 35.0 Å². The molecule has 0 unspecified atom stereocenters. The minimum atomic E-state index is 0.372. The molecule has 0 spiro atoms. The van der Waals surface area contributed by atoms with E-state index < -0.39 is 0 Å². The Hall–Kier alpha value is -2.13. The van der Waals surface area contributed by atoms with Crippen molar-refractivity contribution in [3.05, 3.63) is 65.6 Å². The molecule has 2 aromatic heterocycles. The molecule has 0 bridgehead atoms. The summed E-state index contributed by atoms with van der Waals surface area (Å²) >= 11 is 5.93. The van der Waals surface area contributed by atoms with Crippen LogP contribution in [-0.2, 0) is 6.61 Å². The van der Waals surface area contributed by atoms with Gasteiger partial charge in [0, 0.05) is 23.3 Å². The van der Waals surface area contributed by atoms with E-state index in [0.29, 0.717) is 17.5 Å². The highest BCUT2D eigenvalue weighted by molar-refractivity contribution is 6.30. The van der Waals surface area contributed by atoms with Crippen LogP contribution in [0.4, 0.5) is 0 Å². The second kappa shape index (κ2) is 5.24. The maximum atomic E-state index is 5.93. The first-order valence-electron chi connectivity index (χ1n) is 5.90. The normalized spacial score (nSPS) is 10.6. The lowest BCUT2D eigenvalue weighted by atomic mass is 10.2. The molecule has 0 fully saturated rings. The summed E-state index contributed by atoms with van der Waals surface area (Å²) in [6, 6.07) is 13.6. The Morgan fingerprint density at radius 1 is 1.05 bits per heavy atom. The van der Waals surface area contributed by atoms with Gasteiger partial charge in [-0.05, 0) is 24.3 Å². The molecule has 0 N–H and O–H groups in total. The monoisotopic (exact) mass is 270 g/mol. The van der Waals surface area contributed by atoms with Crippen molar-refractivity contribution in [3.8, 4) is 5.75 Å². The van der Waals surface area contributed by atoms with Crippen LogP contribution in [-0.4, -0.2) is 9.97 Å². The molecule has 4 heteroatoms. The summed E-state index contributed by atoms with van der Waals surface area (Å²) < 4.78 is 5.64. The van der Waals surface area contributed by atoms with E-state index in [4.69, 9.17) is 16.3 Å². The lowest BCUT2D eigenvalue weighted by Crippen LogP contribution is -1.97. The summed E-state index contributed by atoms with van der Waals surface area (Å²) in [5.41, 5.74) is 1.98. The molecule has 0 amide bonds. The molecule has 0 radical (unpaired) electrons. The Morgan fingerprint density at radius 3 is 2.84 bits per heavy atom. The second-order valence-corrected chi connectivity index (χ2v) is 4.48. The molecule has 1 aromatic carbocycles. The number of benzene rings is 1. The lowest BCUT2D eigenvalue weighted by molar-refractivity contribution is 0.305. The van der Waals surface area contributed by atoms with Gasteiger partial charge in [-0.2, -0.15) is 0 Å². The van der Waals surface area contributed by atoms with Crippen LogP contribution >= 0.6 is 11.6 Å². The first-order valence-corrected chi connectivity index (χ1v) is 6.28. The number of hydrogen-bond acceptors (Lipinski definition) is 3. The number of para-hydroxylation sites is 1. The number of ether oxygens (including phenoxy) is 1. The van der Waals surface area contributed by atoms with Crippen molar-refractivity contribution < 1.29 is 4.74 Å². The summed E-state index contributed by atoms with van der Waals surface area (Å²) in [5, 5.41) is 1.47. The van der Waals surface area contributed by atoms with Crippen LogP contribution in [0.15, 0.2) is 54.9 Å². The van der Waals surface area contributed by atoms with Crippen molar-refractivity contribution in [2.24, 2.45) is 0 Å². The Labute approximate surface area is 115 Å². The van der Waals surface area contributed by atoms with E-state index in [1.165, 1.54) is 0 Å². The molecule has 0 aliphatic heterocycles. The van der Waals surface area contributed by atoms with E-state index in [-0.39, 0.29) is 0 Å². The SMILES string of the molecule is Clc1ncccc1OCc1cnc2ccccc2c1. The second-order valence-electron chi connectivity index (χ2n) is 4.12. The predicted molar refractivity (Wildman–Crippen MR) is 75.3 cm³/mol. The van der Waals surface area contributed by atoms with Gasteiger partial charge in [0.15, 0.2) is 10.9 Å².